The lowest BCUT2D eigenvalue weighted by Crippen LogP contribution is -2.42. The number of carbonyl (C=O) groups excluding carboxylic acids is 3. The number of anilines is 1. The van der Waals surface area contributed by atoms with Crippen molar-refractivity contribution in [3.8, 4) is 11.5 Å². The summed E-state index contributed by atoms with van der Waals surface area (Å²) >= 11 is 2.90. The summed E-state index contributed by atoms with van der Waals surface area (Å²) in [6.07, 6.45) is 0.806. The smallest absolute Gasteiger partial charge is 0.338 e. The summed E-state index contributed by atoms with van der Waals surface area (Å²) in [6.45, 7) is 2.01. The van der Waals surface area contributed by atoms with Gasteiger partial charge in [0.2, 0.25) is 11.8 Å². The van der Waals surface area contributed by atoms with Crippen molar-refractivity contribution in [2.75, 3.05) is 11.5 Å². The highest BCUT2D eigenvalue weighted by Crippen LogP contribution is 2.68. The largest absolute Gasteiger partial charge is 0.462 e. The maximum absolute atomic E-state index is 14.1. The predicted octanol–water partition coefficient (Wildman–Crippen LogP) is 6.08. The van der Waals surface area contributed by atoms with Crippen LogP contribution in [0.5, 0.6) is 11.5 Å². The van der Waals surface area contributed by atoms with Gasteiger partial charge in [-0.2, -0.15) is 0 Å². The summed E-state index contributed by atoms with van der Waals surface area (Å²) in [5.41, 5.74) is 1.89. The Morgan fingerprint density at radius 1 is 0.909 bits per heavy atom. The first kappa shape index (κ1) is 27.4. The summed E-state index contributed by atoms with van der Waals surface area (Å²) in [6, 6.07) is 24.1. The van der Waals surface area contributed by atoms with E-state index in [9.17, 15) is 19.2 Å². The van der Waals surface area contributed by atoms with Crippen molar-refractivity contribution in [2.24, 2.45) is 29.6 Å². The second kappa shape index (κ2) is 10.5. The third-order valence-corrected chi connectivity index (χ3v) is 12.1. The van der Waals surface area contributed by atoms with Gasteiger partial charge < -0.3 is 14.5 Å². The number of aromatic nitrogens is 1. The van der Waals surface area contributed by atoms with Crippen LogP contribution in [0.3, 0.4) is 0 Å². The van der Waals surface area contributed by atoms with E-state index in [1.807, 2.05) is 48.5 Å². The van der Waals surface area contributed by atoms with Crippen LogP contribution in [0.25, 0.3) is 0 Å². The maximum Gasteiger partial charge on any atom is 0.338 e. The number of nitrogens with one attached hydrogen (secondary N) is 1. The molecule has 2 bridgehead atoms. The molecule has 3 heterocycles. The van der Waals surface area contributed by atoms with E-state index < -0.39 is 17.8 Å². The number of ether oxygens (including phenoxy) is 2. The lowest BCUT2D eigenvalue weighted by molar-refractivity contribution is -0.123. The van der Waals surface area contributed by atoms with E-state index in [1.165, 1.54) is 16.2 Å². The molecule has 7 atom stereocenters. The Balaban J connectivity index is 1.14. The summed E-state index contributed by atoms with van der Waals surface area (Å²) in [5, 5.41) is 0.957. The number of fused-ring (bicyclic) bond motifs is 9. The normalized spacial score (nSPS) is 28.0. The molecule has 2 aliphatic heterocycles. The summed E-state index contributed by atoms with van der Waals surface area (Å²) < 4.78 is 11.3. The molecule has 3 aromatic carbocycles. The molecule has 1 saturated heterocycles. The Labute approximate surface area is 261 Å². The number of thioether (sulfide) groups is 1. The number of amides is 2. The Bertz CT molecular complexity index is 1850. The average molecular weight is 625 g/mol. The number of hydrogen-bond acceptors (Lipinski definition) is 8. The number of esters is 1. The molecule has 4 aromatic rings. The highest BCUT2D eigenvalue weighted by molar-refractivity contribution is 8.00. The number of para-hydroxylation sites is 1. The molecule has 2 amide bonds. The molecule has 2 aliphatic carbocycles. The van der Waals surface area contributed by atoms with E-state index in [0.717, 1.165) is 27.6 Å². The fourth-order valence-corrected chi connectivity index (χ4v) is 10.9. The van der Waals surface area contributed by atoms with Crippen molar-refractivity contribution in [3.63, 3.8) is 0 Å². The van der Waals surface area contributed by atoms with Crippen LogP contribution >= 0.6 is 23.1 Å². The molecule has 8 rings (SSSR count). The molecule has 6 unspecified atom stereocenters. The van der Waals surface area contributed by atoms with E-state index in [0.29, 0.717) is 17.0 Å². The van der Waals surface area contributed by atoms with Crippen LogP contribution in [0.1, 0.15) is 40.1 Å². The fourth-order valence-electron chi connectivity index (χ4n) is 8.00. The van der Waals surface area contributed by atoms with Crippen LogP contribution in [-0.4, -0.2) is 34.6 Å². The van der Waals surface area contributed by atoms with Crippen molar-refractivity contribution in [3.05, 3.63) is 105 Å². The topological polar surface area (TPSA) is 106 Å². The molecule has 10 heteroatoms. The zero-order valence-corrected chi connectivity index (χ0v) is 25.3. The number of rotatable bonds is 6. The number of aromatic amines is 1. The number of benzene rings is 3. The van der Waals surface area contributed by atoms with Gasteiger partial charge in [-0.05, 0) is 85.2 Å². The third kappa shape index (κ3) is 4.18. The van der Waals surface area contributed by atoms with Crippen molar-refractivity contribution in [1.29, 1.82) is 0 Å². The van der Waals surface area contributed by atoms with Gasteiger partial charge in [0.05, 0.1) is 34.7 Å². The number of thiazole rings is 1. The molecule has 222 valence electrons. The second-order valence-corrected chi connectivity index (χ2v) is 13.9. The predicted molar refractivity (Wildman–Crippen MR) is 166 cm³/mol. The van der Waals surface area contributed by atoms with Gasteiger partial charge in [0.25, 0.3) is 0 Å². The average Bonchev–Trinajstić information content (AvgIpc) is 3.77. The second-order valence-electron chi connectivity index (χ2n) is 11.7. The number of hydrogen-bond donors (Lipinski definition) is 1. The third-order valence-electron chi connectivity index (χ3n) is 9.56. The van der Waals surface area contributed by atoms with Crippen molar-refractivity contribution < 1.29 is 23.9 Å². The first-order chi connectivity index (χ1) is 21.4. The minimum Gasteiger partial charge on any atom is -0.462 e. The van der Waals surface area contributed by atoms with Crippen LogP contribution in [0.4, 0.5) is 5.69 Å². The van der Waals surface area contributed by atoms with Gasteiger partial charge in [-0.1, -0.05) is 41.7 Å². The molecule has 1 aromatic heterocycles. The van der Waals surface area contributed by atoms with Crippen LogP contribution in [0, 0.1) is 29.6 Å². The zero-order chi connectivity index (χ0) is 30.1. The lowest BCUT2D eigenvalue weighted by atomic mass is 9.68. The Hall–Kier alpha value is -4.15. The van der Waals surface area contributed by atoms with Gasteiger partial charge in [0.1, 0.15) is 11.5 Å². The first-order valence-electron chi connectivity index (χ1n) is 14.8. The van der Waals surface area contributed by atoms with Crippen LogP contribution < -0.4 is 14.5 Å². The summed E-state index contributed by atoms with van der Waals surface area (Å²) in [5.74, 6) is -0.155. The Morgan fingerprint density at radius 2 is 1.64 bits per heavy atom. The van der Waals surface area contributed by atoms with Gasteiger partial charge in [-0.25, -0.2) is 4.79 Å². The van der Waals surface area contributed by atoms with Crippen molar-refractivity contribution >= 4 is 46.6 Å². The number of imide groups is 1. The molecular weight excluding hydrogens is 597 g/mol. The van der Waals surface area contributed by atoms with E-state index in [-0.39, 0.29) is 52.2 Å². The minimum atomic E-state index is -0.441. The van der Waals surface area contributed by atoms with Crippen LogP contribution in [0.2, 0.25) is 0 Å². The van der Waals surface area contributed by atoms with Crippen molar-refractivity contribution in [2.45, 2.75) is 29.5 Å². The van der Waals surface area contributed by atoms with Gasteiger partial charge >= 0.3 is 10.8 Å². The number of nitrogens with zero attached hydrogens (tertiary/aromatic N) is 1. The molecular formula is C34H28N2O6S2. The molecule has 3 fully saturated rings. The maximum atomic E-state index is 14.1. The zero-order valence-electron chi connectivity index (χ0n) is 23.7. The highest BCUT2D eigenvalue weighted by Gasteiger charge is 2.69. The molecule has 0 radical (unpaired) electrons. The van der Waals surface area contributed by atoms with E-state index in [2.05, 4.69) is 11.1 Å². The molecule has 0 spiro atoms. The number of carbonyl (C=O) groups is 3. The van der Waals surface area contributed by atoms with Crippen LogP contribution in [-0.2, 0) is 14.3 Å². The molecule has 2 saturated carbocycles. The monoisotopic (exact) mass is 624 g/mol. The highest BCUT2D eigenvalue weighted by atomic mass is 32.2. The SMILES string of the molecule is CCOC(=O)c1ccc(N2C(=O)C3C4CC(C3C2=O)C2C4Sc3[nH]c(=O)sc3[C@@H]2c2cccc(Oc3ccccc3)c2)cc1. The quantitative estimate of drug-likeness (QED) is 0.205. The molecule has 44 heavy (non-hydrogen) atoms. The first-order valence-corrected chi connectivity index (χ1v) is 16.5. The van der Waals surface area contributed by atoms with E-state index in [1.54, 1.807) is 43.0 Å². The number of H-pyrrole nitrogens is 1. The fraction of sp³-hybridized carbons (Fsp3) is 0.294. The van der Waals surface area contributed by atoms with E-state index in [4.69, 9.17) is 9.47 Å². The van der Waals surface area contributed by atoms with E-state index >= 15 is 0 Å². The van der Waals surface area contributed by atoms with Gasteiger partial charge in [0.15, 0.2) is 0 Å². The summed E-state index contributed by atoms with van der Waals surface area (Å²) in [7, 11) is 0. The standard InChI is InChI=1S/C34H28N2O6S2/c1-2-41-33(39)17-11-13-19(14-12-17)36-31(37)26-22-16-23(27(26)32(36)38)28-25(22)24(29-30(43-28)35-34(40)44-29)18-7-6-10-21(15-18)42-20-8-4-3-5-9-20/h3-15,22-28H,2,16H2,1H3,(H,35,40)/t22?,23?,24-,25?,26?,27?,28?/m1/s1. The molecule has 4 aliphatic rings. The Morgan fingerprint density at radius 3 is 2.39 bits per heavy atom. The molecule has 8 nitrogen and oxygen atoms in total. The van der Waals surface area contributed by atoms with Crippen LogP contribution in [0.15, 0.2) is 88.7 Å². The van der Waals surface area contributed by atoms with Gasteiger partial charge in [0, 0.05) is 16.0 Å². The Kier molecular flexibility index (Phi) is 6.53. The summed E-state index contributed by atoms with van der Waals surface area (Å²) in [4.78, 5) is 58.1. The van der Waals surface area contributed by atoms with Gasteiger partial charge in [-0.3, -0.25) is 19.3 Å². The minimum absolute atomic E-state index is 0.00296. The molecule has 1 N–H and O–H groups in total. The van der Waals surface area contributed by atoms with Gasteiger partial charge in [-0.15, -0.1) is 11.8 Å². The van der Waals surface area contributed by atoms with Crippen molar-refractivity contribution in [1.82, 2.24) is 4.98 Å². The lowest BCUT2D eigenvalue weighted by Gasteiger charge is -2.43.